The van der Waals surface area contributed by atoms with Crippen LogP contribution in [0.5, 0.6) is 0 Å². The summed E-state index contributed by atoms with van der Waals surface area (Å²) in [5.41, 5.74) is 15.8. The van der Waals surface area contributed by atoms with E-state index >= 15 is 0 Å². The van der Waals surface area contributed by atoms with Crippen LogP contribution in [0.3, 0.4) is 0 Å². The second-order valence-electron chi connectivity index (χ2n) is 8.34. The second kappa shape index (κ2) is 10.0. The van der Waals surface area contributed by atoms with Crippen molar-refractivity contribution in [1.29, 1.82) is 5.41 Å². The molecule has 4 aromatic rings. The largest absolute Gasteiger partial charge is 0.398 e. The Labute approximate surface area is 205 Å². The fourth-order valence-corrected chi connectivity index (χ4v) is 4.03. The van der Waals surface area contributed by atoms with Crippen LogP contribution in [0, 0.1) is 5.41 Å². The Balaban J connectivity index is 1.46. The Morgan fingerprint density at radius 2 is 1.11 bits per heavy atom. The number of hydrogen-bond donors (Lipinski definition) is 2. The van der Waals surface area contributed by atoms with Crippen LogP contribution in [0.15, 0.2) is 144 Å². The van der Waals surface area contributed by atoms with Gasteiger partial charge in [-0.05, 0) is 46.0 Å². The van der Waals surface area contributed by atoms with Crippen LogP contribution in [0.1, 0.15) is 11.1 Å². The first-order valence-electron chi connectivity index (χ1n) is 11.5. The first-order valence-corrected chi connectivity index (χ1v) is 11.5. The predicted octanol–water partition coefficient (Wildman–Crippen LogP) is 7.47. The van der Waals surface area contributed by atoms with Gasteiger partial charge < -0.3 is 11.1 Å². The number of nitrogens with two attached hydrogens (primary N) is 1. The molecule has 0 bridgehead atoms. The molecule has 0 unspecified atom stereocenters. The number of hydrogen-bond acceptors (Lipinski definition) is 3. The molecular weight excluding hydrogens is 426 g/mol. The number of nitrogen functional groups attached to an aromatic ring is 1. The van der Waals surface area contributed by atoms with Crippen LogP contribution in [0.4, 0.5) is 5.69 Å². The number of benzene rings is 4. The van der Waals surface area contributed by atoms with E-state index in [1.54, 1.807) is 12.2 Å². The molecule has 0 aliphatic heterocycles. The van der Waals surface area contributed by atoms with E-state index in [-0.39, 0.29) is 0 Å². The van der Waals surface area contributed by atoms with Crippen molar-refractivity contribution in [3.8, 4) is 22.3 Å². The number of rotatable bonds is 5. The SMILES string of the molecule is N=C1C=CC(=CN=C(c2ccc(-c3ccc(-c4ccccc4)cc3)cc2)c2ccccc2N)C=C1. The average molecular weight is 452 g/mol. The van der Waals surface area contributed by atoms with Gasteiger partial charge in [0.25, 0.3) is 0 Å². The van der Waals surface area contributed by atoms with Crippen molar-refractivity contribution >= 4 is 17.1 Å². The van der Waals surface area contributed by atoms with Gasteiger partial charge in [-0.3, -0.25) is 4.99 Å². The number of nitrogens with one attached hydrogen (secondary N) is 1. The van der Waals surface area contributed by atoms with Crippen LogP contribution < -0.4 is 5.73 Å². The Kier molecular flexibility index (Phi) is 6.31. The van der Waals surface area contributed by atoms with Gasteiger partial charge in [0.15, 0.2) is 0 Å². The third-order valence-electron chi connectivity index (χ3n) is 5.95. The smallest absolute Gasteiger partial charge is 0.0795 e. The number of allylic oxidation sites excluding steroid dienone is 5. The fourth-order valence-electron chi connectivity index (χ4n) is 4.03. The highest BCUT2D eigenvalue weighted by Crippen LogP contribution is 2.26. The molecule has 0 atom stereocenters. The van der Waals surface area contributed by atoms with Crippen molar-refractivity contribution in [1.82, 2.24) is 0 Å². The minimum Gasteiger partial charge on any atom is -0.398 e. The molecule has 0 aromatic heterocycles. The maximum absolute atomic E-state index is 7.69. The third-order valence-corrected chi connectivity index (χ3v) is 5.95. The van der Waals surface area contributed by atoms with Gasteiger partial charge in [-0.25, -0.2) is 0 Å². The zero-order chi connectivity index (χ0) is 24.0. The molecule has 4 aromatic carbocycles. The minimum atomic E-state index is 0.478. The molecule has 0 fully saturated rings. The molecule has 0 heterocycles. The van der Waals surface area contributed by atoms with Crippen molar-refractivity contribution in [2.45, 2.75) is 0 Å². The Morgan fingerprint density at radius 1 is 0.600 bits per heavy atom. The molecule has 3 N–H and O–H groups in total. The van der Waals surface area contributed by atoms with Gasteiger partial charge in [-0.1, -0.05) is 109 Å². The molecule has 1 aliphatic carbocycles. The van der Waals surface area contributed by atoms with Crippen molar-refractivity contribution in [2.75, 3.05) is 5.73 Å². The fraction of sp³-hybridized carbons (Fsp3) is 0. The molecule has 0 amide bonds. The highest BCUT2D eigenvalue weighted by molar-refractivity contribution is 6.16. The van der Waals surface area contributed by atoms with Gasteiger partial charge in [0.1, 0.15) is 0 Å². The highest BCUT2D eigenvalue weighted by Gasteiger charge is 2.11. The molecule has 3 nitrogen and oxygen atoms in total. The molecule has 5 rings (SSSR count). The first kappa shape index (κ1) is 22.1. The van der Waals surface area contributed by atoms with Crippen molar-refractivity contribution < 1.29 is 0 Å². The summed E-state index contributed by atoms with van der Waals surface area (Å²) < 4.78 is 0. The molecule has 0 saturated carbocycles. The summed E-state index contributed by atoms with van der Waals surface area (Å²) in [6.07, 6.45) is 9.11. The van der Waals surface area contributed by atoms with E-state index in [1.807, 2.05) is 48.7 Å². The summed E-state index contributed by atoms with van der Waals surface area (Å²) in [5, 5.41) is 7.69. The van der Waals surface area contributed by atoms with Gasteiger partial charge in [0.2, 0.25) is 0 Å². The third kappa shape index (κ3) is 5.10. The Hall–Kier alpha value is -4.76. The maximum atomic E-state index is 7.69. The van der Waals surface area contributed by atoms with Crippen LogP contribution in [-0.2, 0) is 0 Å². The predicted molar refractivity (Wildman–Crippen MR) is 148 cm³/mol. The molecular formula is C32H25N3. The number of para-hydroxylation sites is 1. The molecule has 3 heteroatoms. The van der Waals surface area contributed by atoms with E-state index in [0.717, 1.165) is 33.5 Å². The number of nitrogens with zero attached hydrogens (tertiary/aromatic N) is 1. The summed E-state index contributed by atoms with van der Waals surface area (Å²) in [6.45, 7) is 0. The van der Waals surface area contributed by atoms with E-state index < -0.39 is 0 Å². The van der Waals surface area contributed by atoms with Gasteiger partial charge in [-0.15, -0.1) is 0 Å². The lowest BCUT2D eigenvalue weighted by Crippen LogP contribution is -2.06. The van der Waals surface area contributed by atoms with Gasteiger partial charge in [0.05, 0.1) is 11.4 Å². The lowest BCUT2D eigenvalue weighted by Gasteiger charge is -2.11. The quantitative estimate of drug-likeness (QED) is 0.240. The van der Waals surface area contributed by atoms with Gasteiger partial charge in [-0.2, -0.15) is 0 Å². The summed E-state index contributed by atoms with van der Waals surface area (Å²) in [6, 6.07) is 35.2. The minimum absolute atomic E-state index is 0.478. The zero-order valence-corrected chi connectivity index (χ0v) is 19.2. The molecule has 0 radical (unpaired) electrons. The molecule has 0 spiro atoms. The first-order chi connectivity index (χ1) is 17.2. The summed E-state index contributed by atoms with van der Waals surface area (Å²) in [4.78, 5) is 4.82. The van der Waals surface area contributed by atoms with Crippen LogP contribution in [0.25, 0.3) is 22.3 Å². The molecule has 1 aliphatic rings. The van der Waals surface area contributed by atoms with Crippen LogP contribution in [0.2, 0.25) is 0 Å². The van der Waals surface area contributed by atoms with Crippen molar-refractivity contribution in [2.24, 2.45) is 4.99 Å². The van der Waals surface area contributed by atoms with E-state index in [1.165, 1.54) is 11.1 Å². The average Bonchev–Trinajstić information content (AvgIpc) is 2.92. The lowest BCUT2D eigenvalue weighted by atomic mass is 9.96. The Morgan fingerprint density at radius 3 is 1.71 bits per heavy atom. The Bertz CT molecular complexity index is 1450. The summed E-state index contributed by atoms with van der Waals surface area (Å²) in [5.74, 6) is 0. The van der Waals surface area contributed by atoms with Crippen molar-refractivity contribution in [3.63, 3.8) is 0 Å². The van der Waals surface area contributed by atoms with Crippen LogP contribution >= 0.6 is 0 Å². The second-order valence-corrected chi connectivity index (χ2v) is 8.34. The molecule has 35 heavy (non-hydrogen) atoms. The van der Waals surface area contributed by atoms with E-state index in [0.29, 0.717) is 11.4 Å². The summed E-state index contributed by atoms with van der Waals surface area (Å²) >= 11 is 0. The highest BCUT2D eigenvalue weighted by atomic mass is 14.7. The lowest BCUT2D eigenvalue weighted by molar-refractivity contribution is 1.45. The normalized spacial score (nSPS) is 13.2. The number of anilines is 1. The standard InChI is InChI=1S/C32H25N3/c33-29-20-10-23(11-21-29)22-35-32(30-8-4-5-9-31(30)34)28-18-16-27(17-19-28)26-14-12-25(13-15-26)24-6-2-1-3-7-24/h1-22,33H,34H2. The summed E-state index contributed by atoms with van der Waals surface area (Å²) in [7, 11) is 0. The zero-order valence-electron chi connectivity index (χ0n) is 19.2. The van der Waals surface area contributed by atoms with E-state index in [9.17, 15) is 0 Å². The van der Waals surface area contributed by atoms with Crippen molar-refractivity contribution in [3.05, 3.63) is 150 Å². The van der Waals surface area contributed by atoms with Gasteiger partial charge >= 0.3 is 0 Å². The van der Waals surface area contributed by atoms with E-state index in [4.69, 9.17) is 16.1 Å². The van der Waals surface area contributed by atoms with Crippen LogP contribution in [-0.4, -0.2) is 11.4 Å². The monoisotopic (exact) mass is 451 g/mol. The van der Waals surface area contributed by atoms with Gasteiger partial charge in [0, 0.05) is 23.0 Å². The number of aliphatic imine (C=N–C) groups is 1. The topological polar surface area (TPSA) is 62.2 Å². The molecule has 0 saturated heterocycles. The van der Waals surface area contributed by atoms with E-state index in [2.05, 4.69) is 72.8 Å². The maximum Gasteiger partial charge on any atom is 0.0795 e. The molecule has 168 valence electrons.